The molecule has 1 aliphatic carbocycles. The molecule has 0 bridgehead atoms. The van der Waals surface area contributed by atoms with Crippen molar-refractivity contribution in [3.63, 3.8) is 0 Å². The van der Waals surface area contributed by atoms with E-state index in [1.54, 1.807) is 0 Å². The third-order valence-corrected chi connectivity index (χ3v) is 3.46. The normalized spacial score (nSPS) is 19.6. The van der Waals surface area contributed by atoms with E-state index in [0.717, 1.165) is 5.92 Å². The van der Waals surface area contributed by atoms with Crippen LogP contribution in [0.3, 0.4) is 0 Å². The van der Waals surface area contributed by atoms with Gasteiger partial charge in [0, 0.05) is 12.6 Å². The van der Waals surface area contributed by atoms with Gasteiger partial charge in [-0.05, 0) is 51.2 Å². The van der Waals surface area contributed by atoms with Gasteiger partial charge in [-0.3, -0.25) is 0 Å². The molecule has 1 fully saturated rings. The first kappa shape index (κ1) is 13.0. The van der Waals surface area contributed by atoms with Crippen molar-refractivity contribution < 1.29 is 0 Å². The molecule has 0 spiro atoms. The molecular formula is C13H28N2. The Morgan fingerprint density at radius 2 is 1.93 bits per heavy atom. The lowest BCUT2D eigenvalue weighted by Gasteiger charge is -2.32. The fraction of sp³-hybridized carbons (Fsp3) is 1.00. The summed E-state index contributed by atoms with van der Waals surface area (Å²) >= 11 is 0. The first-order valence-electron chi connectivity index (χ1n) is 6.29. The van der Waals surface area contributed by atoms with Crippen LogP contribution in [0.2, 0.25) is 0 Å². The molecule has 1 aliphatic rings. The van der Waals surface area contributed by atoms with E-state index in [2.05, 4.69) is 45.1 Å². The Morgan fingerprint density at radius 3 is 2.33 bits per heavy atom. The lowest BCUT2D eigenvalue weighted by atomic mass is 9.85. The van der Waals surface area contributed by atoms with Gasteiger partial charge in [0.2, 0.25) is 0 Å². The molecule has 90 valence electrons. The van der Waals surface area contributed by atoms with Gasteiger partial charge in [-0.1, -0.05) is 20.8 Å². The van der Waals surface area contributed by atoms with Crippen LogP contribution in [0.25, 0.3) is 0 Å². The standard InChI is InChI=1S/C13H28N2/c1-13(2,3)12(14-4)8-9-15(5)10-11-6-7-11/h11-12,14H,6-10H2,1-5H3. The van der Waals surface area contributed by atoms with E-state index in [4.69, 9.17) is 0 Å². The van der Waals surface area contributed by atoms with Crippen molar-refractivity contribution in [2.24, 2.45) is 11.3 Å². The van der Waals surface area contributed by atoms with Crippen LogP contribution in [-0.4, -0.2) is 38.1 Å². The minimum absolute atomic E-state index is 0.370. The Balaban J connectivity index is 2.20. The summed E-state index contributed by atoms with van der Waals surface area (Å²) < 4.78 is 0. The fourth-order valence-corrected chi connectivity index (χ4v) is 2.19. The molecule has 0 heterocycles. The molecule has 1 N–H and O–H groups in total. The Hall–Kier alpha value is -0.0800. The van der Waals surface area contributed by atoms with E-state index in [1.165, 1.54) is 32.4 Å². The van der Waals surface area contributed by atoms with Crippen molar-refractivity contribution in [2.75, 3.05) is 27.2 Å². The summed E-state index contributed by atoms with van der Waals surface area (Å²) in [5.41, 5.74) is 0.370. The van der Waals surface area contributed by atoms with Crippen LogP contribution >= 0.6 is 0 Å². The highest BCUT2D eigenvalue weighted by Crippen LogP contribution is 2.29. The van der Waals surface area contributed by atoms with Gasteiger partial charge >= 0.3 is 0 Å². The maximum Gasteiger partial charge on any atom is 0.0125 e. The van der Waals surface area contributed by atoms with Crippen molar-refractivity contribution >= 4 is 0 Å². The average molecular weight is 212 g/mol. The monoisotopic (exact) mass is 212 g/mol. The maximum absolute atomic E-state index is 3.44. The number of hydrogen-bond donors (Lipinski definition) is 1. The molecule has 0 aromatic rings. The van der Waals surface area contributed by atoms with Gasteiger partial charge in [0.25, 0.3) is 0 Å². The fourth-order valence-electron chi connectivity index (χ4n) is 2.19. The predicted molar refractivity (Wildman–Crippen MR) is 67.1 cm³/mol. The molecular weight excluding hydrogens is 184 g/mol. The summed E-state index contributed by atoms with van der Waals surface area (Å²) in [6.07, 6.45) is 4.17. The first-order chi connectivity index (χ1) is 6.93. The summed E-state index contributed by atoms with van der Waals surface area (Å²) in [4.78, 5) is 2.49. The average Bonchev–Trinajstić information content (AvgIpc) is 2.86. The van der Waals surface area contributed by atoms with Crippen molar-refractivity contribution in [1.82, 2.24) is 10.2 Å². The van der Waals surface area contributed by atoms with Crippen LogP contribution in [0, 0.1) is 11.3 Å². The second kappa shape index (κ2) is 5.31. The van der Waals surface area contributed by atoms with Gasteiger partial charge in [0.05, 0.1) is 0 Å². The Morgan fingerprint density at radius 1 is 1.33 bits per heavy atom. The lowest BCUT2D eigenvalue weighted by molar-refractivity contribution is 0.227. The van der Waals surface area contributed by atoms with E-state index < -0.39 is 0 Å². The quantitative estimate of drug-likeness (QED) is 0.727. The van der Waals surface area contributed by atoms with Crippen LogP contribution in [0.5, 0.6) is 0 Å². The molecule has 15 heavy (non-hydrogen) atoms. The molecule has 0 aromatic heterocycles. The molecule has 1 saturated carbocycles. The number of nitrogens with one attached hydrogen (secondary N) is 1. The smallest absolute Gasteiger partial charge is 0.0125 e. The lowest BCUT2D eigenvalue weighted by Crippen LogP contribution is -2.40. The molecule has 0 amide bonds. The van der Waals surface area contributed by atoms with E-state index in [1.807, 2.05) is 0 Å². The van der Waals surface area contributed by atoms with Gasteiger partial charge < -0.3 is 10.2 Å². The third kappa shape index (κ3) is 4.98. The molecule has 0 radical (unpaired) electrons. The molecule has 1 unspecified atom stereocenters. The second-order valence-electron chi connectivity index (χ2n) is 6.20. The van der Waals surface area contributed by atoms with E-state index in [0.29, 0.717) is 11.5 Å². The zero-order valence-corrected chi connectivity index (χ0v) is 11.1. The predicted octanol–water partition coefficient (Wildman–Crippen LogP) is 2.35. The summed E-state index contributed by atoms with van der Waals surface area (Å²) in [5, 5.41) is 3.44. The highest BCUT2D eigenvalue weighted by Gasteiger charge is 2.25. The highest BCUT2D eigenvalue weighted by atomic mass is 15.1. The molecule has 0 saturated heterocycles. The van der Waals surface area contributed by atoms with Crippen LogP contribution in [0.15, 0.2) is 0 Å². The Bertz CT molecular complexity index is 179. The molecule has 1 atom stereocenters. The third-order valence-electron chi connectivity index (χ3n) is 3.46. The summed E-state index contributed by atoms with van der Waals surface area (Å²) in [6.45, 7) is 9.47. The van der Waals surface area contributed by atoms with Gasteiger partial charge in [0.1, 0.15) is 0 Å². The highest BCUT2D eigenvalue weighted by molar-refractivity contribution is 4.81. The molecule has 2 heteroatoms. The maximum atomic E-state index is 3.44. The van der Waals surface area contributed by atoms with Crippen LogP contribution < -0.4 is 5.32 Å². The minimum atomic E-state index is 0.370. The minimum Gasteiger partial charge on any atom is -0.316 e. The summed E-state index contributed by atoms with van der Waals surface area (Å²) in [7, 11) is 4.34. The van der Waals surface area contributed by atoms with Crippen LogP contribution in [-0.2, 0) is 0 Å². The first-order valence-corrected chi connectivity index (χ1v) is 6.29. The number of nitrogens with zero attached hydrogens (tertiary/aromatic N) is 1. The Kier molecular flexibility index (Phi) is 4.60. The van der Waals surface area contributed by atoms with Crippen molar-refractivity contribution in [3.05, 3.63) is 0 Å². The number of rotatable bonds is 6. The van der Waals surface area contributed by atoms with Crippen LogP contribution in [0.1, 0.15) is 40.0 Å². The summed E-state index contributed by atoms with van der Waals surface area (Å²) in [5.74, 6) is 1.01. The van der Waals surface area contributed by atoms with Gasteiger partial charge in [-0.15, -0.1) is 0 Å². The largest absolute Gasteiger partial charge is 0.316 e. The van der Waals surface area contributed by atoms with Crippen molar-refractivity contribution in [1.29, 1.82) is 0 Å². The summed E-state index contributed by atoms with van der Waals surface area (Å²) in [6, 6.07) is 0.624. The van der Waals surface area contributed by atoms with Gasteiger partial charge in [-0.25, -0.2) is 0 Å². The van der Waals surface area contributed by atoms with Gasteiger partial charge in [-0.2, -0.15) is 0 Å². The van der Waals surface area contributed by atoms with Crippen molar-refractivity contribution in [2.45, 2.75) is 46.1 Å². The molecule has 2 nitrogen and oxygen atoms in total. The Labute approximate surface area is 95.4 Å². The zero-order chi connectivity index (χ0) is 11.5. The second-order valence-corrected chi connectivity index (χ2v) is 6.20. The molecule has 0 aliphatic heterocycles. The zero-order valence-electron chi connectivity index (χ0n) is 11.1. The van der Waals surface area contributed by atoms with Gasteiger partial charge in [0.15, 0.2) is 0 Å². The van der Waals surface area contributed by atoms with E-state index in [-0.39, 0.29) is 0 Å². The number of hydrogen-bond acceptors (Lipinski definition) is 2. The molecule has 1 rings (SSSR count). The van der Waals surface area contributed by atoms with Crippen molar-refractivity contribution in [3.8, 4) is 0 Å². The van der Waals surface area contributed by atoms with E-state index in [9.17, 15) is 0 Å². The SMILES string of the molecule is CNC(CCN(C)CC1CC1)C(C)(C)C. The topological polar surface area (TPSA) is 15.3 Å². The molecule has 0 aromatic carbocycles. The van der Waals surface area contributed by atoms with E-state index >= 15 is 0 Å². The van der Waals surface area contributed by atoms with Crippen LogP contribution in [0.4, 0.5) is 0 Å².